The molecule has 0 saturated carbocycles. The zero-order valence-corrected chi connectivity index (χ0v) is 9.22. The van der Waals surface area contributed by atoms with E-state index in [1.807, 2.05) is 0 Å². The van der Waals surface area contributed by atoms with Crippen molar-refractivity contribution >= 4 is 7.91 Å². The third kappa shape index (κ3) is 11.9. The molecule has 0 aliphatic rings. The molecule has 0 rings (SSSR count). The molecule has 0 bridgehead atoms. The molecule has 0 aliphatic carbocycles. The third-order valence-corrected chi connectivity index (χ3v) is 2.34. The van der Waals surface area contributed by atoms with Crippen molar-refractivity contribution in [1.29, 1.82) is 0 Å². The fraction of sp³-hybridized carbons (Fsp3) is 1.00. The van der Waals surface area contributed by atoms with Gasteiger partial charge in [-0.3, -0.25) is 4.52 Å². The molecule has 13 heavy (non-hydrogen) atoms. The molecule has 0 atom stereocenters. The molecule has 4 heteroatoms. The summed E-state index contributed by atoms with van der Waals surface area (Å²) in [6, 6.07) is 0. The maximum Gasteiger partial charge on any atom is 0.468 e. The minimum absolute atomic E-state index is 0.354. The van der Waals surface area contributed by atoms with Crippen LogP contribution in [0.1, 0.15) is 51.9 Å². The maximum atomic E-state index is 9.99. The first-order valence-corrected chi connectivity index (χ1v) is 6.14. The predicted octanol–water partition coefficient (Wildman–Crippen LogP) is 3.84. The second-order valence-electron chi connectivity index (χ2n) is 3.18. The van der Waals surface area contributed by atoms with Crippen LogP contribution in [0.4, 0.5) is 0 Å². The number of unbranched alkanes of at least 4 members (excludes halogenated alkanes) is 6. The minimum atomic E-state index is -2.63. The summed E-state index contributed by atoms with van der Waals surface area (Å²) in [4.78, 5) is 0. The van der Waals surface area contributed by atoms with Crippen molar-refractivity contribution in [3.63, 3.8) is 0 Å². The summed E-state index contributed by atoms with van der Waals surface area (Å²) in [5.74, 6) is 0. The zero-order valence-electron chi connectivity index (χ0n) is 8.33. The summed E-state index contributed by atoms with van der Waals surface area (Å²) in [5, 5.41) is 0. The van der Waals surface area contributed by atoms with E-state index in [4.69, 9.17) is 0 Å². The van der Waals surface area contributed by atoms with Crippen molar-refractivity contribution in [3.05, 3.63) is 0 Å². The largest absolute Gasteiger partial charge is 0.468 e. The van der Waals surface area contributed by atoms with Gasteiger partial charge in [-0.05, 0) is 6.42 Å². The van der Waals surface area contributed by atoms with Crippen LogP contribution in [0.3, 0.4) is 0 Å². The molecule has 0 N–H and O–H groups in total. The molecule has 78 valence electrons. The SMILES string of the molecule is CCCCCCCCCOP(=O)=O. The first kappa shape index (κ1) is 12.9. The van der Waals surface area contributed by atoms with Gasteiger partial charge in [-0.15, -0.1) is 0 Å². The van der Waals surface area contributed by atoms with E-state index < -0.39 is 7.91 Å². The van der Waals surface area contributed by atoms with Crippen LogP contribution < -0.4 is 0 Å². The molecule has 0 aliphatic heterocycles. The Morgan fingerprint density at radius 3 is 2.00 bits per heavy atom. The Labute approximate surface area is 80.8 Å². The molecule has 0 saturated heterocycles. The van der Waals surface area contributed by atoms with E-state index in [1.54, 1.807) is 0 Å². The highest BCUT2D eigenvalue weighted by atomic mass is 31.1. The van der Waals surface area contributed by atoms with E-state index >= 15 is 0 Å². The highest BCUT2D eigenvalue weighted by molar-refractivity contribution is 7.24. The molecular formula is C9H19O3P. The second-order valence-corrected chi connectivity index (χ2v) is 3.88. The normalized spacial score (nSPS) is 10.2. The summed E-state index contributed by atoms with van der Waals surface area (Å²) in [6.45, 7) is 2.55. The molecule has 0 unspecified atom stereocenters. The van der Waals surface area contributed by atoms with E-state index in [-0.39, 0.29) is 0 Å². The second kappa shape index (κ2) is 9.94. The number of rotatable bonds is 9. The van der Waals surface area contributed by atoms with Crippen molar-refractivity contribution in [2.45, 2.75) is 51.9 Å². The van der Waals surface area contributed by atoms with E-state index in [2.05, 4.69) is 11.4 Å². The molecular weight excluding hydrogens is 187 g/mol. The van der Waals surface area contributed by atoms with E-state index in [9.17, 15) is 9.13 Å². The maximum absolute atomic E-state index is 9.99. The van der Waals surface area contributed by atoms with Crippen molar-refractivity contribution in [2.24, 2.45) is 0 Å². The van der Waals surface area contributed by atoms with Crippen LogP contribution in [0.5, 0.6) is 0 Å². The first-order valence-electron chi connectivity index (χ1n) is 5.04. The van der Waals surface area contributed by atoms with Crippen molar-refractivity contribution in [2.75, 3.05) is 6.61 Å². The Morgan fingerprint density at radius 2 is 1.46 bits per heavy atom. The Hall–Kier alpha value is -0.140. The molecule has 0 heterocycles. The van der Waals surface area contributed by atoms with Gasteiger partial charge in [0.05, 0.1) is 6.61 Å². The molecule has 0 radical (unpaired) electrons. The fourth-order valence-corrected chi connectivity index (χ4v) is 1.48. The molecule has 0 aromatic rings. The standard InChI is InChI=1S/C9H19O3P/c1-2-3-4-5-6-7-8-9-12-13(10)11/h2-9H2,1H3. The number of hydrogen-bond donors (Lipinski definition) is 0. The topological polar surface area (TPSA) is 43.4 Å². The smallest absolute Gasteiger partial charge is 0.271 e. The van der Waals surface area contributed by atoms with E-state index in [1.165, 1.54) is 32.1 Å². The van der Waals surface area contributed by atoms with Crippen LogP contribution in [0, 0.1) is 0 Å². The van der Waals surface area contributed by atoms with Gasteiger partial charge in [0.2, 0.25) is 0 Å². The highest BCUT2D eigenvalue weighted by Crippen LogP contribution is 2.10. The molecule has 0 amide bonds. The molecule has 3 nitrogen and oxygen atoms in total. The van der Waals surface area contributed by atoms with Gasteiger partial charge in [-0.1, -0.05) is 45.4 Å². The van der Waals surface area contributed by atoms with Gasteiger partial charge >= 0.3 is 7.91 Å². The van der Waals surface area contributed by atoms with Crippen LogP contribution in [0.15, 0.2) is 0 Å². The van der Waals surface area contributed by atoms with E-state index in [0.717, 1.165) is 12.8 Å². The molecule has 0 aromatic heterocycles. The Kier molecular flexibility index (Phi) is 9.84. The van der Waals surface area contributed by atoms with Crippen LogP contribution in [-0.2, 0) is 13.7 Å². The van der Waals surface area contributed by atoms with E-state index in [0.29, 0.717) is 6.61 Å². The van der Waals surface area contributed by atoms with Gasteiger partial charge in [-0.2, -0.15) is 0 Å². The van der Waals surface area contributed by atoms with Crippen molar-refractivity contribution in [3.8, 4) is 0 Å². The summed E-state index contributed by atoms with van der Waals surface area (Å²) >= 11 is 0. The fourth-order valence-electron chi connectivity index (χ4n) is 1.20. The zero-order chi connectivity index (χ0) is 9.94. The molecule has 0 aromatic carbocycles. The Morgan fingerprint density at radius 1 is 0.923 bits per heavy atom. The van der Waals surface area contributed by atoms with Crippen LogP contribution in [0.2, 0.25) is 0 Å². The van der Waals surface area contributed by atoms with Crippen LogP contribution >= 0.6 is 7.91 Å². The predicted molar refractivity (Wildman–Crippen MR) is 52.2 cm³/mol. The van der Waals surface area contributed by atoms with Gasteiger partial charge in [-0.25, -0.2) is 9.13 Å². The van der Waals surface area contributed by atoms with Gasteiger partial charge in [0.25, 0.3) is 0 Å². The lowest BCUT2D eigenvalue weighted by molar-refractivity contribution is 0.294. The summed E-state index contributed by atoms with van der Waals surface area (Å²) < 4.78 is 24.4. The summed E-state index contributed by atoms with van der Waals surface area (Å²) in [5.41, 5.74) is 0. The van der Waals surface area contributed by atoms with Crippen molar-refractivity contribution < 1.29 is 13.7 Å². The Bertz CT molecular complexity index is 158. The highest BCUT2D eigenvalue weighted by Gasteiger charge is 1.93. The Balaban J connectivity index is 2.91. The van der Waals surface area contributed by atoms with Gasteiger partial charge in [0, 0.05) is 0 Å². The lowest BCUT2D eigenvalue weighted by Gasteiger charge is -1.98. The summed E-state index contributed by atoms with van der Waals surface area (Å²) in [7, 11) is -2.63. The average molecular weight is 206 g/mol. The molecule has 0 spiro atoms. The quantitative estimate of drug-likeness (QED) is 0.425. The molecule has 0 fully saturated rings. The average Bonchev–Trinajstić information content (AvgIpc) is 2.09. The van der Waals surface area contributed by atoms with Crippen LogP contribution in [-0.4, -0.2) is 6.61 Å². The van der Waals surface area contributed by atoms with Gasteiger partial charge in [0.15, 0.2) is 0 Å². The number of hydrogen-bond acceptors (Lipinski definition) is 3. The monoisotopic (exact) mass is 206 g/mol. The lowest BCUT2D eigenvalue weighted by atomic mass is 10.1. The van der Waals surface area contributed by atoms with Gasteiger partial charge in [0.1, 0.15) is 0 Å². The van der Waals surface area contributed by atoms with Crippen molar-refractivity contribution in [1.82, 2.24) is 0 Å². The lowest BCUT2D eigenvalue weighted by Crippen LogP contribution is -1.85. The van der Waals surface area contributed by atoms with Gasteiger partial charge < -0.3 is 0 Å². The van der Waals surface area contributed by atoms with Crippen LogP contribution in [0.25, 0.3) is 0 Å². The first-order chi connectivity index (χ1) is 6.27. The minimum Gasteiger partial charge on any atom is -0.271 e. The third-order valence-electron chi connectivity index (χ3n) is 1.94. The summed E-state index contributed by atoms with van der Waals surface area (Å²) in [6.07, 6.45) is 8.26.